The van der Waals surface area contributed by atoms with Gasteiger partial charge >= 0.3 is 0 Å². The Morgan fingerprint density at radius 1 is 1.09 bits per heavy atom. The van der Waals surface area contributed by atoms with E-state index in [4.69, 9.17) is 4.74 Å². The van der Waals surface area contributed by atoms with Crippen LogP contribution in [-0.4, -0.2) is 16.1 Å². The quantitative estimate of drug-likeness (QED) is 0.765. The minimum Gasteiger partial charge on any atom is -0.457 e. The number of benzene rings is 2. The number of carbonyl (C=O) groups is 1. The molecule has 0 aliphatic rings. The van der Waals surface area contributed by atoms with E-state index in [-0.39, 0.29) is 5.91 Å². The van der Waals surface area contributed by atoms with Crippen LogP contribution in [0.5, 0.6) is 11.5 Å². The zero-order chi connectivity index (χ0) is 16.1. The van der Waals surface area contributed by atoms with Gasteiger partial charge in [0.25, 0.3) is 5.91 Å². The molecular weight excluding hydrogens is 310 g/mol. The molecule has 0 aliphatic carbocycles. The van der Waals surface area contributed by atoms with Crippen LogP contribution < -0.4 is 10.1 Å². The Morgan fingerprint density at radius 2 is 1.87 bits per heavy atom. The summed E-state index contributed by atoms with van der Waals surface area (Å²) in [5.74, 6) is 1.10. The van der Waals surface area contributed by atoms with Gasteiger partial charge in [0.1, 0.15) is 16.5 Å². The third kappa shape index (κ3) is 3.92. The molecule has 0 saturated carbocycles. The molecule has 1 aromatic heterocycles. The van der Waals surface area contributed by atoms with Crippen LogP contribution >= 0.6 is 11.3 Å². The number of hydrogen-bond acceptors (Lipinski definition) is 5. The van der Waals surface area contributed by atoms with Crippen molar-refractivity contribution < 1.29 is 9.53 Å². The molecular formula is C17H15N3O2S. The molecule has 0 fully saturated rings. The zero-order valence-corrected chi connectivity index (χ0v) is 13.3. The van der Waals surface area contributed by atoms with E-state index >= 15 is 0 Å². The van der Waals surface area contributed by atoms with Gasteiger partial charge in [0, 0.05) is 5.56 Å². The normalized spacial score (nSPS) is 10.3. The number of hydrogen-bond donors (Lipinski definition) is 1. The third-order valence-electron chi connectivity index (χ3n) is 3.06. The summed E-state index contributed by atoms with van der Waals surface area (Å²) in [4.78, 5) is 12.3. The first-order chi connectivity index (χ1) is 11.2. The predicted octanol–water partition coefficient (Wildman–Crippen LogP) is 4.15. The van der Waals surface area contributed by atoms with Crippen molar-refractivity contribution in [2.75, 3.05) is 5.32 Å². The third-order valence-corrected chi connectivity index (χ3v) is 4.05. The lowest BCUT2D eigenvalue weighted by molar-refractivity contribution is 0.102. The summed E-state index contributed by atoms with van der Waals surface area (Å²) in [6.07, 6.45) is 0.800. The molecule has 116 valence electrons. The minimum atomic E-state index is -0.234. The SMILES string of the molecule is CCc1nnc(NC(=O)c2cccc(Oc3ccccc3)c2)s1. The molecule has 5 nitrogen and oxygen atoms in total. The van der Waals surface area contributed by atoms with Crippen LogP contribution in [-0.2, 0) is 6.42 Å². The second-order valence-corrected chi connectivity index (χ2v) is 5.81. The minimum absolute atomic E-state index is 0.234. The summed E-state index contributed by atoms with van der Waals surface area (Å²) in [7, 11) is 0. The van der Waals surface area contributed by atoms with Gasteiger partial charge in [-0.3, -0.25) is 10.1 Å². The van der Waals surface area contributed by atoms with E-state index in [1.807, 2.05) is 43.3 Å². The van der Waals surface area contributed by atoms with Crippen molar-refractivity contribution in [1.29, 1.82) is 0 Å². The van der Waals surface area contributed by atoms with E-state index in [1.165, 1.54) is 11.3 Å². The van der Waals surface area contributed by atoms with Crippen molar-refractivity contribution >= 4 is 22.4 Å². The number of amides is 1. The molecule has 0 radical (unpaired) electrons. The Morgan fingerprint density at radius 3 is 2.61 bits per heavy atom. The molecule has 1 heterocycles. The van der Waals surface area contributed by atoms with Crippen LogP contribution in [0.15, 0.2) is 54.6 Å². The second kappa shape index (κ2) is 7.02. The van der Waals surface area contributed by atoms with Gasteiger partial charge in [0.2, 0.25) is 5.13 Å². The van der Waals surface area contributed by atoms with Crippen molar-refractivity contribution in [3.05, 3.63) is 65.2 Å². The van der Waals surface area contributed by atoms with Crippen molar-refractivity contribution in [2.24, 2.45) is 0 Å². The molecule has 2 aromatic carbocycles. The number of carbonyl (C=O) groups excluding carboxylic acids is 1. The van der Waals surface area contributed by atoms with Gasteiger partial charge in [-0.15, -0.1) is 10.2 Å². The summed E-state index contributed by atoms with van der Waals surface area (Å²) in [6, 6.07) is 16.5. The molecule has 0 spiro atoms. The largest absolute Gasteiger partial charge is 0.457 e. The highest BCUT2D eigenvalue weighted by Crippen LogP contribution is 2.23. The fraction of sp³-hybridized carbons (Fsp3) is 0.118. The fourth-order valence-corrected chi connectivity index (χ4v) is 2.62. The van der Waals surface area contributed by atoms with Gasteiger partial charge in [-0.2, -0.15) is 0 Å². The Kier molecular flexibility index (Phi) is 4.63. The van der Waals surface area contributed by atoms with Gasteiger partial charge in [0.15, 0.2) is 0 Å². The molecule has 3 rings (SSSR count). The molecule has 6 heteroatoms. The molecule has 0 unspecified atom stereocenters. The summed E-state index contributed by atoms with van der Waals surface area (Å²) in [5.41, 5.74) is 0.506. The van der Waals surface area contributed by atoms with Gasteiger partial charge in [-0.25, -0.2) is 0 Å². The highest BCUT2D eigenvalue weighted by Gasteiger charge is 2.10. The number of aryl methyl sites for hydroxylation is 1. The van der Waals surface area contributed by atoms with Crippen LogP contribution in [0, 0.1) is 0 Å². The number of anilines is 1. The summed E-state index contributed by atoms with van der Waals surface area (Å²) >= 11 is 1.38. The lowest BCUT2D eigenvalue weighted by atomic mass is 10.2. The van der Waals surface area contributed by atoms with Crippen LogP contribution in [0.1, 0.15) is 22.3 Å². The number of nitrogens with zero attached hydrogens (tertiary/aromatic N) is 2. The average Bonchev–Trinajstić information content (AvgIpc) is 3.03. The van der Waals surface area contributed by atoms with Crippen LogP contribution in [0.25, 0.3) is 0 Å². The van der Waals surface area contributed by atoms with Crippen LogP contribution in [0.4, 0.5) is 5.13 Å². The Balaban J connectivity index is 1.72. The second-order valence-electron chi connectivity index (χ2n) is 4.75. The first kappa shape index (κ1) is 15.2. The summed E-state index contributed by atoms with van der Waals surface area (Å²) in [6.45, 7) is 2.00. The van der Waals surface area contributed by atoms with Gasteiger partial charge in [-0.05, 0) is 36.8 Å². The van der Waals surface area contributed by atoms with Gasteiger partial charge in [-0.1, -0.05) is 42.5 Å². The molecule has 0 aliphatic heterocycles. The number of ether oxygens (including phenoxy) is 1. The van der Waals surface area contributed by atoms with Crippen molar-refractivity contribution in [3.8, 4) is 11.5 Å². The molecule has 0 saturated heterocycles. The monoisotopic (exact) mass is 325 g/mol. The van der Waals surface area contributed by atoms with Crippen molar-refractivity contribution in [2.45, 2.75) is 13.3 Å². The molecule has 3 aromatic rings. The number of para-hydroxylation sites is 1. The average molecular weight is 325 g/mol. The van der Waals surface area contributed by atoms with E-state index in [0.717, 1.165) is 17.2 Å². The summed E-state index contributed by atoms with van der Waals surface area (Å²) < 4.78 is 5.74. The van der Waals surface area contributed by atoms with Crippen molar-refractivity contribution in [3.63, 3.8) is 0 Å². The Hall–Kier alpha value is -2.73. The van der Waals surface area contributed by atoms with Crippen LogP contribution in [0.2, 0.25) is 0 Å². The highest BCUT2D eigenvalue weighted by atomic mass is 32.1. The smallest absolute Gasteiger partial charge is 0.257 e. The number of nitrogens with one attached hydrogen (secondary N) is 1. The fourth-order valence-electron chi connectivity index (χ4n) is 1.94. The van der Waals surface area contributed by atoms with E-state index < -0.39 is 0 Å². The molecule has 1 N–H and O–H groups in total. The first-order valence-electron chi connectivity index (χ1n) is 7.21. The topological polar surface area (TPSA) is 64.1 Å². The van der Waals surface area contributed by atoms with E-state index in [2.05, 4.69) is 15.5 Å². The Bertz CT molecular complexity index is 802. The summed E-state index contributed by atoms with van der Waals surface area (Å²) in [5, 5.41) is 12.1. The first-order valence-corrected chi connectivity index (χ1v) is 8.03. The maximum atomic E-state index is 12.3. The lowest BCUT2D eigenvalue weighted by Gasteiger charge is -2.07. The number of aromatic nitrogens is 2. The van der Waals surface area contributed by atoms with E-state index in [1.54, 1.807) is 18.2 Å². The standard InChI is InChI=1S/C17H15N3O2S/c1-2-15-19-20-17(23-15)18-16(21)12-7-6-10-14(11-12)22-13-8-4-3-5-9-13/h3-11H,2H2,1H3,(H,18,20,21). The van der Waals surface area contributed by atoms with Crippen molar-refractivity contribution in [1.82, 2.24) is 10.2 Å². The lowest BCUT2D eigenvalue weighted by Crippen LogP contribution is -2.11. The Labute approximate surface area is 138 Å². The highest BCUT2D eigenvalue weighted by molar-refractivity contribution is 7.15. The van der Waals surface area contributed by atoms with Gasteiger partial charge < -0.3 is 4.74 Å². The van der Waals surface area contributed by atoms with E-state index in [9.17, 15) is 4.79 Å². The molecule has 0 atom stereocenters. The number of rotatable bonds is 5. The molecule has 23 heavy (non-hydrogen) atoms. The van der Waals surface area contributed by atoms with Gasteiger partial charge in [0.05, 0.1) is 0 Å². The predicted molar refractivity (Wildman–Crippen MR) is 90.2 cm³/mol. The van der Waals surface area contributed by atoms with Crippen LogP contribution in [0.3, 0.4) is 0 Å². The van der Waals surface area contributed by atoms with E-state index in [0.29, 0.717) is 16.4 Å². The maximum absolute atomic E-state index is 12.3. The maximum Gasteiger partial charge on any atom is 0.257 e. The molecule has 0 bridgehead atoms. The zero-order valence-electron chi connectivity index (χ0n) is 12.5. The molecule has 1 amide bonds.